The highest BCUT2D eigenvalue weighted by molar-refractivity contribution is 7.98. The third-order valence-corrected chi connectivity index (χ3v) is 5.83. The van der Waals surface area contributed by atoms with Crippen molar-refractivity contribution in [1.82, 2.24) is 4.90 Å². The molecule has 2 aromatic carbocycles. The van der Waals surface area contributed by atoms with Gasteiger partial charge in [-0.3, -0.25) is 0 Å². The zero-order chi connectivity index (χ0) is 21.6. The van der Waals surface area contributed by atoms with Gasteiger partial charge in [0.25, 0.3) is 0 Å². The van der Waals surface area contributed by atoms with Gasteiger partial charge in [0.2, 0.25) is 0 Å². The van der Waals surface area contributed by atoms with Gasteiger partial charge < -0.3 is 19.1 Å². The van der Waals surface area contributed by atoms with E-state index in [0.717, 1.165) is 35.0 Å². The Hall–Kier alpha value is -2.34. The molecule has 30 heavy (non-hydrogen) atoms. The van der Waals surface area contributed by atoms with Gasteiger partial charge in [-0.15, -0.1) is 11.8 Å². The Kier molecular flexibility index (Phi) is 7.53. The standard InChI is InChI=1S/C24H31NO4S/c1-24(2,3)29-23(26)25-14-8-11-20(16-25)28-19-12-13-22(21(15-19)27-4)30-17-18-9-6-5-7-10-18/h5-7,9-10,12-13,15,20H,8,11,14,16-17H2,1-4H3/t20-/m1/s1. The third-order valence-electron chi connectivity index (χ3n) is 4.70. The summed E-state index contributed by atoms with van der Waals surface area (Å²) in [6.07, 6.45) is 1.47. The Morgan fingerprint density at radius 1 is 1.17 bits per heavy atom. The van der Waals surface area contributed by atoms with Gasteiger partial charge >= 0.3 is 6.09 Å². The molecule has 1 saturated heterocycles. The summed E-state index contributed by atoms with van der Waals surface area (Å²) in [4.78, 5) is 15.2. The third kappa shape index (κ3) is 6.59. The molecule has 0 aromatic heterocycles. The van der Waals surface area contributed by atoms with Crippen molar-refractivity contribution in [2.45, 2.75) is 56.0 Å². The van der Waals surface area contributed by atoms with Crippen LogP contribution in [0.4, 0.5) is 4.79 Å². The molecule has 0 aliphatic carbocycles. The van der Waals surface area contributed by atoms with Gasteiger partial charge in [-0.05, 0) is 51.3 Å². The van der Waals surface area contributed by atoms with Crippen LogP contribution in [0.2, 0.25) is 0 Å². The van der Waals surface area contributed by atoms with E-state index in [9.17, 15) is 4.79 Å². The van der Waals surface area contributed by atoms with Crippen molar-refractivity contribution >= 4 is 17.9 Å². The van der Waals surface area contributed by atoms with Gasteiger partial charge in [0.1, 0.15) is 23.2 Å². The molecule has 3 rings (SSSR count). The highest BCUT2D eigenvalue weighted by Crippen LogP contribution is 2.35. The number of ether oxygens (including phenoxy) is 3. The number of benzene rings is 2. The number of methoxy groups -OCH3 is 1. The predicted octanol–water partition coefficient (Wildman–Crippen LogP) is 5.77. The molecule has 1 aliphatic heterocycles. The highest BCUT2D eigenvalue weighted by atomic mass is 32.2. The fourth-order valence-electron chi connectivity index (χ4n) is 3.29. The molecule has 0 radical (unpaired) electrons. The molecule has 0 saturated carbocycles. The zero-order valence-electron chi connectivity index (χ0n) is 18.2. The molecule has 5 nitrogen and oxygen atoms in total. The number of carbonyl (C=O) groups excluding carboxylic acids is 1. The van der Waals surface area contributed by atoms with Gasteiger partial charge in [-0.1, -0.05) is 30.3 Å². The number of hydrogen-bond donors (Lipinski definition) is 0. The van der Waals surface area contributed by atoms with E-state index >= 15 is 0 Å². The van der Waals surface area contributed by atoms with Crippen LogP contribution in [0.25, 0.3) is 0 Å². The average Bonchev–Trinajstić information content (AvgIpc) is 2.72. The van der Waals surface area contributed by atoms with Crippen molar-refractivity contribution in [3.63, 3.8) is 0 Å². The Morgan fingerprint density at radius 2 is 1.93 bits per heavy atom. The lowest BCUT2D eigenvalue weighted by Gasteiger charge is -2.34. The minimum Gasteiger partial charge on any atom is -0.495 e. The van der Waals surface area contributed by atoms with Gasteiger partial charge in [-0.2, -0.15) is 0 Å². The van der Waals surface area contributed by atoms with Crippen LogP contribution in [-0.4, -0.2) is 42.9 Å². The summed E-state index contributed by atoms with van der Waals surface area (Å²) in [7, 11) is 1.68. The van der Waals surface area contributed by atoms with Crippen molar-refractivity contribution in [2.75, 3.05) is 20.2 Å². The SMILES string of the molecule is COc1cc(O[C@@H]2CCCN(C(=O)OC(C)(C)C)C2)ccc1SCc1ccccc1. The molecular formula is C24H31NO4S. The lowest BCUT2D eigenvalue weighted by Crippen LogP contribution is -2.46. The van der Waals surface area contributed by atoms with E-state index < -0.39 is 5.60 Å². The average molecular weight is 430 g/mol. The molecule has 6 heteroatoms. The van der Waals surface area contributed by atoms with Crippen molar-refractivity contribution in [1.29, 1.82) is 0 Å². The number of amides is 1. The smallest absolute Gasteiger partial charge is 0.410 e. The molecule has 0 spiro atoms. The number of likely N-dealkylation sites (tertiary alicyclic amines) is 1. The maximum Gasteiger partial charge on any atom is 0.410 e. The Labute approximate surface area is 183 Å². The number of piperidine rings is 1. The lowest BCUT2D eigenvalue weighted by atomic mass is 10.1. The van der Waals surface area contributed by atoms with Crippen molar-refractivity contribution in [3.05, 3.63) is 54.1 Å². The lowest BCUT2D eigenvalue weighted by molar-refractivity contribution is 0.00772. The number of rotatable bonds is 6. The first-order valence-electron chi connectivity index (χ1n) is 10.3. The summed E-state index contributed by atoms with van der Waals surface area (Å²) >= 11 is 1.74. The van der Waals surface area contributed by atoms with Crippen LogP contribution in [0.15, 0.2) is 53.4 Å². The van der Waals surface area contributed by atoms with E-state index in [-0.39, 0.29) is 12.2 Å². The van der Waals surface area contributed by atoms with Crippen LogP contribution in [0.3, 0.4) is 0 Å². The Balaban J connectivity index is 1.60. The van der Waals surface area contributed by atoms with Gasteiger partial charge in [-0.25, -0.2) is 4.79 Å². The molecule has 0 bridgehead atoms. The summed E-state index contributed by atoms with van der Waals surface area (Å²) in [5.74, 6) is 2.44. The second kappa shape index (κ2) is 10.1. The highest BCUT2D eigenvalue weighted by Gasteiger charge is 2.28. The molecular weight excluding hydrogens is 398 g/mol. The minimum absolute atomic E-state index is 0.0567. The second-order valence-electron chi connectivity index (χ2n) is 8.40. The number of nitrogens with zero attached hydrogens (tertiary/aromatic N) is 1. The van der Waals surface area contributed by atoms with Gasteiger partial charge in [0.15, 0.2) is 0 Å². The number of carbonyl (C=O) groups is 1. The summed E-state index contributed by atoms with van der Waals surface area (Å²) in [6.45, 7) is 6.88. The summed E-state index contributed by atoms with van der Waals surface area (Å²) in [6, 6.07) is 16.3. The maximum atomic E-state index is 12.4. The van der Waals surface area contributed by atoms with E-state index in [4.69, 9.17) is 14.2 Å². The van der Waals surface area contributed by atoms with Crippen LogP contribution < -0.4 is 9.47 Å². The van der Waals surface area contributed by atoms with E-state index in [2.05, 4.69) is 24.3 Å². The van der Waals surface area contributed by atoms with Crippen molar-refractivity contribution in [2.24, 2.45) is 0 Å². The fourth-order valence-corrected chi connectivity index (χ4v) is 4.26. The molecule has 1 amide bonds. The largest absolute Gasteiger partial charge is 0.495 e. The quantitative estimate of drug-likeness (QED) is 0.546. The Bertz CT molecular complexity index is 835. The first-order valence-corrected chi connectivity index (χ1v) is 11.3. The van der Waals surface area contributed by atoms with Crippen LogP contribution in [0.5, 0.6) is 11.5 Å². The van der Waals surface area contributed by atoms with E-state index in [1.807, 2.05) is 45.0 Å². The maximum absolute atomic E-state index is 12.4. The predicted molar refractivity (Wildman–Crippen MR) is 120 cm³/mol. The molecule has 0 N–H and O–H groups in total. The molecule has 162 valence electrons. The molecule has 1 aliphatic rings. The first kappa shape index (κ1) is 22.3. The van der Waals surface area contributed by atoms with Crippen molar-refractivity contribution in [3.8, 4) is 11.5 Å². The fraction of sp³-hybridized carbons (Fsp3) is 0.458. The molecule has 2 aromatic rings. The van der Waals surface area contributed by atoms with Crippen LogP contribution in [0.1, 0.15) is 39.2 Å². The second-order valence-corrected chi connectivity index (χ2v) is 9.41. The molecule has 1 fully saturated rings. The Morgan fingerprint density at radius 3 is 2.63 bits per heavy atom. The van der Waals surface area contributed by atoms with Crippen LogP contribution >= 0.6 is 11.8 Å². The van der Waals surface area contributed by atoms with Crippen molar-refractivity contribution < 1.29 is 19.0 Å². The monoisotopic (exact) mass is 429 g/mol. The summed E-state index contributed by atoms with van der Waals surface area (Å²) < 4.78 is 17.3. The summed E-state index contributed by atoms with van der Waals surface area (Å²) in [5.41, 5.74) is 0.778. The zero-order valence-corrected chi connectivity index (χ0v) is 19.0. The normalized spacial score (nSPS) is 16.8. The van der Waals surface area contributed by atoms with E-state index in [0.29, 0.717) is 13.1 Å². The van der Waals surface area contributed by atoms with Gasteiger partial charge in [0, 0.05) is 23.3 Å². The minimum atomic E-state index is -0.495. The molecule has 1 heterocycles. The number of thioether (sulfide) groups is 1. The molecule has 1 atom stereocenters. The first-order chi connectivity index (χ1) is 14.3. The van der Waals surface area contributed by atoms with E-state index in [1.54, 1.807) is 23.8 Å². The van der Waals surface area contributed by atoms with Crippen LogP contribution in [0, 0.1) is 0 Å². The molecule has 0 unspecified atom stereocenters. The van der Waals surface area contributed by atoms with E-state index in [1.165, 1.54) is 5.56 Å². The van der Waals surface area contributed by atoms with Gasteiger partial charge in [0.05, 0.1) is 13.7 Å². The summed E-state index contributed by atoms with van der Waals surface area (Å²) in [5, 5.41) is 0. The number of hydrogen-bond acceptors (Lipinski definition) is 5. The topological polar surface area (TPSA) is 48.0 Å². The van der Waals surface area contributed by atoms with Crippen LogP contribution in [-0.2, 0) is 10.5 Å².